The third kappa shape index (κ3) is 4.11. The van der Waals surface area contributed by atoms with Gasteiger partial charge in [-0.1, -0.05) is 29.8 Å². The molecule has 0 aliphatic rings. The number of nitrogens with one attached hydrogen (secondary N) is 3. The van der Waals surface area contributed by atoms with E-state index in [1.54, 1.807) is 30.3 Å². The summed E-state index contributed by atoms with van der Waals surface area (Å²) in [5, 5.41) is 12.4. The van der Waals surface area contributed by atoms with Crippen molar-refractivity contribution in [3.05, 3.63) is 65.9 Å². The summed E-state index contributed by atoms with van der Waals surface area (Å²) in [6.07, 6.45) is 0. The number of benzene rings is 2. The molecule has 3 rings (SSSR count). The van der Waals surface area contributed by atoms with Crippen LogP contribution in [0.3, 0.4) is 0 Å². The summed E-state index contributed by atoms with van der Waals surface area (Å²) in [6, 6.07) is 16.5. The molecule has 1 heterocycles. The van der Waals surface area contributed by atoms with Gasteiger partial charge in [-0.3, -0.25) is 14.7 Å². The number of carbonyl (C=O) groups is 2. The van der Waals surface area contributed by atoms with E-state index in [4.69, 9.17) is 0 Å². The Morgan fingerprint density at radius 1 is 0.920 bits per heavy atom. The highest BCUT2D eigenvalue weighted by molar-refractivity contribution is 6.03. The number of aryl methyl sites for hydroxylation is 1. The zero-order valence-corrected chi connectivity index (χ0v) is 14.0. The van der Waals surface area contributed by atoms with Crippen molar-refractivity contribution in [2.75, 3.05) is 10.6 Å². The molecule has 1 aromatic heterocycles. The number of nitrogens with zero attached hydrogens (tertiary/aromatic N) is 1. The molecule has 3 N–H and O–H groups in total. The van der Waals surface area contributed by atoms with Crippen LogP contribution in [0.4, 0.5) is 11.4 Å². The van der Waals surface area contributed by atoms with E-state index in [9.17, 15) is 9.59 Å². The molecule has 0 fully saturated rings. The molecule has 0 spiro atoms. The molecule has 0 unspecified atom stereocenters. The van der Waals surface area contributed by atoms with E-state index < -0.39 is 0 Å². The first-order valence-electron chi connectivity index (χ1n) is 7.83. The maximum absolute atomic E-state index is 12.3. The van der Waals surface area contributed by atoms with Crippen LogP contribution in [0, 0.1) is 6.92 Å². The minimum absolute atomic E-state index is 0.141. The highest BCUT2D eigenvalue weighted by Gasteiger charge is 2.11. The minimum Gasteiger partial charge on any atom is -0.326 e. The lowest BCUT2D eigenvalue weighted by molar-refractivity contribution is -0.114. The Morgan fingerprint density at radius 3 is 2.12 bits per heavy atom. The largest absolute Gasteiger partial charge is 0.326 e. The summed E-state index contributed by atoms with van der Waals surface area (Å²) in [5.74, 6) is -0.420. The van der Waals surface area contributed by atoms with Crippen LogP contribution in [0.25, 0.3) is 11.3 Å². The van der Waals surface area contributed by atoms with Gasteiger partial charge in [0.1, 0.15) is 5.69 Å². The van der Waals surface area contributed by atoms with Gasteiger partial charge in [-0.25, -0.2) is 0 Å². The molecule has 0 saturated heterocycles. The molecule has 0 aliphatic carbocycles. The number of H-pyrrole nitrogens is 1. The lowest BCUT2D eigenvalue weighted by Gasteiger charge is -2.05. The maximum Gasteiger partial charge on any atom is 0.273 e. The first-order valence-corrected chi connectivity index (χ1v) is 7.83. The first kappa shape index (κ1) is 16.4. The van der Waals surface area contributed by atoms with Gasteiger partial charge in [-0.2, -0.15) is 5.10 Å². The lowest BCUT2D eigenvalue weighted by Crippen LogP contribution is -2.12. The van der Waals surface area contributed by atoms with Gasteiger partial charge >= 0.3 is 0 Å². The molecular weight excluding hydrogens is 316 g/mol. The van der Waals surface area contributed by atoms with Gasteiger partial charge in [0.15, 0.2) is 0 Å². The number of rotatable bonds is 4. The summed E-state index contributed by atoms with van der Waals surface area (Å²) in [6.45, 7) is 3.46. The highest BCUT2D eigenvalue weighted by atomic mass is 16.2. The van der Waals surface area contributed by atoms with Gasteiger partial charge in [0, 0.05) is 23.9 Å². The van der Waals surface area contributed by atoms with Crippen molar-refractivity contribution in [2.24, 2.45) is 0 Å². The summed E-state index contributed by atoms with van der Waals surface area (Å²) < 4.78 is 0. The summed E-state index contributed by atoms with van der Waals surface area (Å²) in [7, 11) is 0. The monoisotopic (exact) mass is 334 g/mol. The molecule has 2 aromatic carbocycles. The van der Waals surface area contributed by atoms with Crippen LogP contribution in [0.2, 0.25) is 0 Å². The molecule has 0 aliphatic heterocycles. The Kier molecular flexibility index (Phi) is 4.61. The number of anilines is 2. The Morgan fingerprint density at radius 2 is 1.52 bits per heavy atom. The van der Waals surface area contributed by atoms with Crippen LogP contribution >= 0.6 is 0 Å². The number of aromatic amines is 1. The van der Waals surface area contributed by atoms with Gasteiger partial charge in [0.25, 0.3) is 5.91 Å². The second-order valence-corrected chi connectivity index (χ2v) is 5.75. The molecule has 25 heavy (non-hydrogen) atoms. The predicted octanol–water partition coefficient (Wildman–Crippen LogP) is 3.60. The Hall–Kier alpha value is -3.41. The second-order valence-electron chi connectivity index (χ2n) is 5.75. The zero-order chi connectivity index (χ0) is 17.8. The van der Waals surface area contributed by atoms with Crippen LogP contribution < -0.4 is 10.6 Å². The molecule has 0 saturated carbocycles. The third-order valence-corrected chi connectivity index (χ3v) is 3.63. The van der Waals surface area contributed by atoms with E-state index >= 15 is 0 Å². The quantitative estimate of drug-likeness (QED) is 0.681. The van der Waals surface area contributed by atoms with Crippen molar-refractivity contribution in [1.29, 1.82) is 0 Å². The predicted molar refractivity (Wildman–Crippen MR) is 97.5 cm³/mol. The lowest BCUT2D eigenvalue weighted by atomic mass is 10.1. The van der Waals surface area contributed by atoms with Gasteiger partial charge in [-0.15, -0.1) is 0 Å². The van der Waals surface area contributed by atoms with Gasteiger partial charge in [0.05, 0.1) is 5.69 Å². The van der Waals surface area contributed by atoms with E-state index in [1.807, 2.05) is 31.2 Å². The van der Waals surface area contributed by atoms with Gasteiger partial charge in [0.2, 0.25) is 5.91 Å². The summed E-state index contributed by atoms with van der Waals surface area (Å²) >= 11 is 0. The van der Waals surface area contributed by atoms with Crippen molar-refractivity contribution in [3.8, 4) is 11.3 Å². The van der Waals surface area contributed by atoms with E-state index in [1.165, 1.54) is 12.5 Å². The summed E-state index contributed by atoms with van der Waals surface area (Å²) in [4.78, 5) is 23.3. The topological polar surface area (TPSA) is 86.9 Å². The van der Waals surface area contributed by atoms with Crippen LogP contribution in [-0.4, -0.2) is 22.0 Å². The third-order valence-electron chi connectivity index (χ3n) is 3.63. The van der Waals surface area contributed by atoms with Gasteiger partial charge in [-0.05, 0) is 37.3 Å². The Bertz CT molecular complexity index is 896. The molecule has 0 bridgehead atoms. The van der Waals surface area contributed by atoms with Gasteiger partial charge < -0.3 is 10.6 Å². The molecular formula is C19H18N4O2. The number of hydrogen-bond donors (Lipinski definition) is 3. The smallest absolute Gasteiger partial charge is 0.273 e. The molecule has 0 radical (unpaired) electrons. The number of carbonyl (C=O) groups excluding carboxylic acids is 2. The van der Waals surface area contributed by atoms with E-state index in [0.29, 0.717) is 22.8 Å². The number of aromatic nitrogens is 2. The fourth-order valence-electron chi connectivity index (χ4n) is 2.35. The maximum atomic E-state index is 12.3. The molecule has 3 aromatic rings. The van der Waals surface area contributed by atoms with Crippen molar-refractivity contribution in [1.82, 2.24) is 10.2 Å². The van der Waals surface area contributed by atoms with E-state index in [-0.39, 0.29) is 11.8 Å². The van der Waals surface area contributed by atoms with Crippen LogP contribution in [0.1, 0.15) is 23.0 Å². The molecule has 126 valence electrons. The van der Waals surface area contributed by atoms with Crippen LogP contribution in [-0.2, 0) is 4.79 Å². The Balaban J connectivity index is 1.69. The van der Waals surface area contributed by atoms with Crippen molar-refractivity contribution < 1.29 is 9.59 Å². The molecule has 6 nitrogen and oxygen atoms in total. The molecule has 2 amide bonds. The van der Waals surface area contributed by atoms with Crippen LogP contribution in [0.15, 0.2) is 54.6 Å². The highest BCUT2D eigenvalue weighted by Crippen LogP contribution is 2.19. The first-order chi connectivity index (χ1) is 12.0. The number of hydrogen-bond acceptors (Lipinski definition) is 3. The Labute approximate surface area is 145 Å². The summed E-state index contributed by atoms with van der Waals surface area (Å²) in [5.41, 5.74) is 4.51. The fourth-order valence-corrected chi connectivity index (χ4v) is 2.35. The van der Waals surface area contributed by atoms with E-state index in [2.05, 4.69) is 20.8 Å². The normalized spacial score (nSPS) is 10.3. The zero-order valence-electron chi connectivity index (χ0n) is 14.0. The van der Waals surface area contributed by atoms with Crippen LogP contribution in [0.5, 0.6) is 0 Å². The standard InChI is InChI=1S/C19H18N4O2/c1-12-3-5-14(6-4-12)17-11-18(23-22-17)19(25)21-16-9-7-15(8-10-16)20-13(2)24/h3-11H,1-2H3,(H,20,24)(H,21,25)(H,22,23). The average molecular weight is 334 g/mol. The number of amides is 2. The minimum atomic E-state index is -0.280. The SMILES string of the molecule is CC(=O)Nc1ccc(NC(=O)c2cc(-c3ccc(C)cc3)n[nH]2)cc1. The molecule has 6 heteroatoms. The molecule has 0 atom stereocenters. The van der Waals surface area contributed by atoms with E-state index in [0.717, 1.165) is 5.56 Å². The van der Waals surface area contributed by atoms with Crippen molar-refractivity contribution in [3.63, 3.8) is 0 Å². The van der Waals surface area contributed by atoms with Crippen molar-refractivity contribution in [2.45, 2.75) is 13.8 Å². The average Bonchev–Trinajstić information content (AvgIpc) is 3.07. The fraction of sp³-hybridized carbons (Fsp3) is 0.105. The van der Waals surface area contributed by atoms with Crippen molar-refractivity contribution >= 4 is 23.2 Å². The second kappa shape index (κ2) is 7.00.